The Labute approximate surface area is 117 Å². The van der Waals surface area contributed by atoms with Gasteiger partial charge in [0, 0.05) is 19.5 Å². The zero-order valence-electron chi connectivity index (χ0n) is 11.6. The highest BCUT2D eigenvalue weighted by molar-refractivity contribution is 5.83. The molecule has 0 rings (SSSR count). The molecule has 0 aromatic heterocycles. The lowest BCUT2D eigenvalue weighted by molar-refractivity contribution is -0.139. The van der Waals surface area contributed by atoms with Crippen LogP contribution in [0.4, 0.5) is 4.79 Å². The van der Waals surface area contributed by atoms with Crippen LogP contribution in [-0.2, 0) is 9.59 Å². The Morgan fingerprint density at radius 3 is 2.45 bits per heavy atom. The molecular weight excluding hydrogens is 264 g/mol. The quantitative estimate of drug-likeness (QED) is 0.571. The van der Waals surface area contributed by atoms with Crippen molar-refractivity contribution in [3.8, 4) is 6.07 Å². The second kappa shape index (κ2) is 8.74. The summed E-state index contributed by atoms with van der Waals surface area (Å²) in [7, 11) is 0. The number of nitrogens with two attached hydrogens (primary N) is 1. The summed E-state index contributed by atoms with van der Waals surface area (Å²) in [5.41, 5.74) is 4.95. The summed E-state index contributed by atoms with van der Waals surface area (Å²) >= 11 is 0. The lowest BCUT2D eigenvalue weighted by Gasteiger charge is -2.24. The number of aliphatic carboxylic acids is 1. The number of carboxylic acids is 1. The van der Waals surface area contributed by atoms with Gasteiger partial charge < -0.3 is 21.1 Å². The van der Waals surface area contributed by atoms with E-state index >= 15 is 0 Å². The van der Waals surface area contributed by atoms with E-state index in [0.717, 1.165) is 0 Å². The Morgan fingerprint density at radius 2 is 2.05 bits per heavy atom. The van der Waals surface area contributed by atoms with Crippen molar-refractivity contribution >= 4 is 17.9 Å². The van der Waals surface area contributed by atoms with Gasteiger partial charge in [-0.1, -0.05) is 0 Å². The normalized spacial score (nSPS) is 12.8. The Hall–Kier alpha value is -2.30. The number of carboxylic acid groups (broad SMARTS) is 1. The number of carbonyl (C=O) groups is 3. The summed E-state index contributed by atoms with van der Waals surface area (Å²) in [5.74, 6) is -2.21. The average Bonchev–Trinajstić information content (AvgIpc) is 2.39. The molecule has 0 spiro atoms. The third-order valence-electron chi connectivity index (χ3n) is 2.66. The second-order valence-corrected chi connectivity index (χ2v) is 4.41. The van der Waals surface area contributed by atoms with Crippen LogP contribution in [0.1, 0.15) is 26.7 Å². The molecule has 8 nitrogen and oxygen atoms in total. The molecule has 0 aromatic rings. The zero-order valence-corrected chi connectivity index (χ0v) is 11.6. The molecule has 8 heteroatoms. The summed E-state index contributed by atoms with van der Waals surface area (Å²) < 4.78 is 0. The van der Waals surface area contributed by atoms with Crippen molar-refractivity contribution < 1.29 is 19.5 Å². The van der Waals surface area contributed by atoms with E-state index in [4.69, 9.17) is 16.1 Å². The number of primary amides is 1. The van der Waals surface area contributed by atoms with E-state index in [1.165, 1.54) is 4.90 Å². The minimum absolute atomic E-state index is 0.0677. The number of nitrogens with zero attached hydrogens (tertiary/aromatic N) is 2. The van der Waals surface area contributed by atoms with Gasteiger partial charge in [-0.2, -0.15) is 5.26 Å². The summed E-state index contributed by atoms with van der Waals surface area (Å²) in [5, 5.41) is 20.0. The summed E-state index contributed by atoms with van der Waals surface area (Å²) in [6.07, 6.45) is -0.195. The van der Waals surface area contributed by atoms with Gasteiger partial charge in [0.25, 0.3) is 0 Å². The third kappa shape index (κ3) is 6.58. The molecule has 0 aliphatic heterocycles. The topological polar surface area (TPSA) is 137 Å². The van der Waals surface area contributed by atoms with Gasteiger partial charge in [0.1, 0.15) is 6.04 Å². The molecule has 4 N–H and O–H groups in total. The highest BCUT2D eigenvalue weighted by Gasteiger charge is 2.23. The molecule has 2 atom stereocenters. The number of rotatable bonds is 8. The van der Waals surface area contributed by atoms with Crippen molar-refractivity contribution in [3.63, 3.8) is 0 Å². The molecule has 0 saturated heterocycles. The molecule has 0 aromatic carbocycles. The Bertz CT molecular complexity index is 405. The predicted molar refractivity (Wildman–Crippen MR) is 70.4 cm³/mol. The molecule has 0 radical (unpaired) electrons. The maximum absolute atomic E-state index is 11.9. The van der Waals surface area contributed by atoms with E-state index < -0.39 is 23.9 Å². The van der Waals surface area contributed by atoms with Crippen LogP contribution >= 0.6 is 0 Å². The first-order valence-corrected chi connectivity index (χ1v) is 6.27. The summed E-state index contributed by atoms with van der Waals surface area (Å²) in [6.45, 7) is 3.95. The smallest absolute Gasteiger partial charge is 0.326 e. The van der Waals surface area contributed by atoms with Gasteiger partial charge in [-0.05, 0) is 20.3 Å². The first-order valence-electron chi connectivity index (χ1n) is 6.27. The van der Waals surface area contributed by atoms with Crippen molar-refractivity contribution in [1.29, 1.82) is 5.26 Å². The molecular formula is C12H20N4O4. The number of nitriles is 1. The molecule has 0 aliphatic rings. The van der Waals surface area contributed by atoms with Crippen molar-refractivity contribution in [1.82, 2.24) is 10.2 Å². The van der Waals surface area contributed by atoms with Crippen LogP contribution in [-0.4, -0.2) is 47.0 Å². The molecule has 112 valence electrons. The van der Waals surface area contributed by atoms with Gasteiger partial charge in [0.05, 0.1) is 12.0 Å². The van der Waals surface area contributed by atoms with Gasteiger partial charge in [0.2, 0.25) is 5.91 Å². The SMILES string of the molecule is CCN(CC(C)C#N)C(=O)N[C@H](CCC(N)=O)C(=O)O. The number of hydrogen-bond acceptors (Lipinski definition) is 4. The zero-order chi connectivity index (χ0) is 15.7. The molecule has 0 heterocycles. The molecule has 3 amide bonds. The van der Waals surface area contributed by atoms with E-state index in [-0.39, 0.29) is 25.3 Å². The highest BCUT2D eigenvalue weighted by atomic mass is 16.4. The minimum atomic E-state index is -1.23. The molecule has 1 unspecified atom stereocenters. The van der Waals surface area contributed by atoms with Crippen molar-refractivity contribution in [2.75, 3.05) is 13.1 Å². The van der Waals surface area contributed by atoms with Crippen LogP contribution in [0.3, 0.4) is 0 Å². The number of urea groups is 1. The fraction of sp³-hybridized carbons (Fsp3) is 0.667. The van der Waals surface area contributed by atoms with Crippen molar-refractivity contribution in [2.45, 2.75) is 32.7 Å². The first kappa shape index (κ1) is 17.7. The van der Waals surface area contributed by atoms with Crippen molar-refractivity contribution in [3.05, 3.63) is 0 Å². The predicted octanol–water partition coefficient (Wildman–Crippen LogP) is -0.104. The number of amides is 3. The van der Waals surface area contributed by atoms with E-state index in [2.05, 4.69) is 5.32 Å². The largest absolute Gasteiger partial charge is 0.480 e. The van der Waals surface area contributed by atoms with E-state index in [0.29, 0.717) is 6.54 Å². The molecule has 0 bridgehead atoms. The van der Waals surface area contributed by atoms with E-state index in [1.54, 1.807) is 13.8 Å². The molecule has 0 aliphatic carbocycles. The van der Waals surface area contributed by atoms with E-state index in [1.807, 2.05) is 6.07 Å². The summed E-state index contributed by atoms with van der Waals surface area (Å²) in [6, 6.07) is 0.245. The Kier molecular flexibility index (Phi) is 7.74. The Morgan fingerprint density at radius 1 is 1.45 bits per heavy atom. The fourth-order valence-electron chi connectivity index (χ4n) is 1.51. The van der Waals surface area contributed by atoms with Crippen molar-refractivity contribution in [2.24, 2.45) is 11.7 Å². The molecule has 0 fully saturated rings. The van der Waals surface area contributed by atoms with Gasteiger partial charge in [0.15, 0.2) is 0 Å². The van der Waals surface area contributed by atoms with E-state index in [9.17, 15) is 14.4 Å². The van der Waals surface area contributed by atoms with Gasteiger partial charge in [-0.25, -0.2) is 9.59 Å². The number of carbonyl (C=O) groups excluding carboxylic acids is 2. The average molecular weight is 284 g/mol. The monoisotopic (exact) mass is 284 g/mol. The maximum Gasteiger partial charge on any atom is 0.326 e. The Balaban J connectivity index is 4.60. The fourth-order valence-corrected chi connectivity index (χ4v) is 1.51. The first-order chi connectivity index (χ1) is 9.31. The van der Waals surface area contributed by atoms with Crippen LogP contribution in [0, 0.1) is 17.2 Å². The van der Waals surface area contributed by atoms with Crippen LogP contribution in [0.5, 0.6) is 0 Å². The molecule has 0 saturated carbocycles. The maximum atomic E-state index is 11.9. The van der Waals surface area contributed by atoms with Gasteiger partial charge in [-0.15, -0.1) is 0 Å². The molecule has 20 heavy (non-hydrogen) atoms. The van der Waals surface area contributed by atoms with Gasteiger partial charge >= 0.3 is 12.0 Å². The lowest BCUT2D eigenvalue weighted by Crippen LogP contribution is -2.49. The number of nitrogens with one attached hydrogen (secondary N) is 1. The third-order valence-corrected chi connectivity index (χ3v) is 2.66. The second-order valence-electron chi connectivity index (χ2n) is 4.41. The van der Waals surface area contributed by atoms with Crippen LogP contribution in [0.2, 0.25) is 0 Å². The standard InChI is InChI=1S/C12H20N4O4/c1-3-16(7-8(2)6-13)12(20)15-9(11(18)19)4-5-10(14)17/h8-9H,3-5,7H2,1-2H3,(H2,14,17)(H,15,20)(H,18,19)/t8?,9-/m1/s1. The van der Waals surface area contributed by atoms with Crippen LogP contribution in [0.15, 0.2) is 0 Å². The minimum Gasteiger partial charge on any atom is -0.480 e. The summed E-state index contributed by atoms with van der Waals surface area (Å²) in [4.78, 5) is 34.9. The van der Waals surface area contributed by atoms with Crippen LogP contribution in [0.25, 0.3) is 0 Å². The van der Waals surface area contributed by atoms with Crippen LogP contribution < -0.4 is 11.1 Å². The van der Waals surface area contributed by atoms with Gasteiger partial charge in [-0.3, -0.25) is 4.79 Å². The highest BCUT2D eigenvalue weighted by Crippen LogP contribution is 2.02. The lowest BCUT2D eigenvalue weighted by atomic mass is 10.1. The number of hydrogen-bond donors (Lipinski definition) is 3.